The van der Waals surface area contributed by atoms with Crippen molar-refractivity contribution in [2.45, 2.75) is 83.7 Å². The number of piperidine rings is 1. The monoisotopic (exact) mass is 453 g/mol. The van der Waals surface area contributed by atoms with Crippen LogP contribution in [0, 0.1) is 19.8 Å². The first kappa shape index (κ1) is 23.8. The second kappa shape index (κ2) is 9.73. The van der Waals surface area contributed by atoms with Gasteiger partial charge in [0, 0.05) is 37.1 Å². The Labute approximate surface area is 185 Å². The highest BCUT2D eigenvalue weighted by Gasteiger charge is 2.39. The van der Waals surface area contributed by atoms with Gasteiger partial charge in [-0.05, 0) is 53.4 Å². The predicted molar refractivity (Wildman–Crippen MR) is 117 cm³/mol. The molecule has 1 N–H and O–H groups in total. The Morgan fingerprint density at radius 1 is 1.06 bits per heavy atom. The van der Waals surface area contributed by atoms with E-state index in [0.717, 1.165) is 25.7 Å². The number of amides is 1. The van der Waals surface area contributed by atoms with Crippen LogP contribution in [0.1, 0.15) is 74.1 Å². The van der Waals surface area contributed by atoms with Crippen molar-refractivity contribution in [1.82, 2.24) is 14.2 Å². The molecule has 0 radical (unpaired) electrons. The molecule has 1 saturated carbocycles. The molecule has 1 aromatic heterocycles. The molecule has 0 spiro atoms. The molecule has 0 bridgehead atoms. The molecular weight excluding hydrogens is 418 g/mol. The van der Waals surface area contributed by atoms with Crippen molar-refractivity contribution >= 4 is 21.9 Å². The van der Waals surface area contributed by atoms with Crippen molar-refractivity contribution in [3.05, 3.63) is 17.0 Å². The maximum absolute atomic E-state index is 13.7. The number of sulfonamides is 1. The van der Waals surface area contributed by atoms with Gasteiger partial charge in [0.1, 0.15) is 10.5 Å². The van der Waals surface area contributed by atoms with E-state index in [1.165, 1.54) is 4.31 Å². The fourth-order valence-electron chi connectivity index (χ4n) is 4.98. The van der Waals surface area contributed by atoms with Gasteiger partial charge < -0.3 is 14.6 Å². The molecule has 1 aliphatic heterocycles. The Kier molecular flexibility index (Phi) is 7.47. The van der Waals surface area contributed by atoms with E-state index in [9.17, 15) is 18.0 Å². The molecule has 1 aromatic rings. The molecule has 0 unspecified atom stereocenters. The van der Waals surface area contributed by atoms with Gasteiger partial charge in [-0.3, -0.25) is 4.79 Å². The van der Waals surface area contributed by atoms with E-state index in [-0.39, 0.29) is 41.5 Å². The SMILES string of the molecule is CCOC(=O)c1c(S(=O)(=O)N2CCC[C@H](C(=O)NC3CCCC3)C2)c(C)n(CC)c1C. The fourth-order valence-corrected chi connectivity index (χ4v) is 6.96. The molecule has 2 fully saturated rings. The Bertz CT molecular complexity index is 931. The van der Waals surface area contributed by atoms with Gasteiger partial charge in [0.15, 0.2) is 0 Å². The molecule has 1 atom stereocenters. The van der Waals surface area contributed by atoms with Crippen LogP contribution in [0.15, 0.2) is 4.90 Å². The zero-order valence-electron chi connectivity index (χ0n) is 19.1. The van der Waals surface area contributed by atoms with E-state index in [1.807, 2.05) is 11.5 Å². The lowest BCUT2D eigenvalue weighted by molar-refractivity contribution is -0.126. The summed E-state index contributed by atoms with van der Waals surface area (Å²) in [4.78, 5) is 25.5. The number of nitrogens with zero attached hydrogens (tertiary/aromatic N) is 2. The Morgan fingerprint density at radius 3 is 2.35 bits per heavy atom. The third-order valence-corrected chi connectivity index (χ3v) is 8.60. The van der Waals surface area contributed by atoms with E-state index >= 15 is 0 Å². The van der Waals surface area contributed by atoms with Crippen LogP contribution in [0.5, 0.6) is 0 Å². The summed E-state index contributed by atoms with van der Waals surface area (Å²) in [5, 5.41) is 3.10. The number of aromatic nitrogens is 1. The number of ether oxygens (including phenoxy) is 1. The number of hydrogen-bond acceptors (Lipinski definition) is 5. The summed E-state index contributed by atoms with van der Waals surface area (Å²) in [6.07, 6.45) is 5.52. The summed E-state index contributed by atoms with van der Waals surface area (Å²) in [6.45, 7) is 8.27. The highest BCUT2D eigenvalue weighted by molar-refractivity contribution is 7.89. The summed E-state index contributed by atoms with van der Waals surface area (Å²) >= 11 is 0. The lowest BCUT2D eigenvalue weighted by Gasteiger charge is -2.32. The predicted octanol–water partition coefficient (Wildman–Crippen LogP) is 2.76. The zero-order chi connectivity index (χ0) is 22.8. The van der Waals surface area contributed by atoms with Crippen LogP contribution >= 0.6 is 0 Å². The Morgan fingerprint density at radius 2 is 1.74 bits per heavy atom. The lowest BCUT2D eigenvalue weighted by Crippen LogP contribution is -2.47. The van der Waals surface area contributed by atoms with Crippen LogP contribution in [0.3, 0.4) is 0 Å². The topological polar surface area (TPSA) is 97.7 Å². The first-order chi connectivity index (χ1) is 14.7. The summed E-state index contributed by atoms with van der Waals surface area (Å²) in [5.74, 6) is -1.05. The molecule has 31 heavy (non-hydrogen) atoms. The zero-order valence-corrected chi connectivity index (χ0v) is 19.9. The number of nitrogens with one attached hydrogen (secondary N) is 1. The summed E-state index contributed by atoms with van der Waals surface area (Å²) in [7, 11) is -3.96. The van der Waals surface area contributed by atoms with Crippen LogP contribution < -0.4 is 5.32 Å². The molecular formula is C22H35N3O5S. The van der Waals surface area contributed by atoms with Gasteiger partial charge in [0.25, 0.3) is 0 Å². The quantitative estimate of drug-likeness (QED) is 0.640. The Balaban J connectivity index is 1.90. The van der Waals surface area contributed by atoms with Gasteiger partial charge >= 0.3 is 5.97 Å². The summed E-state index contributed by atoms with van der Waals surface area (Å²) in [6, 6.07) is 0.207. The van der Waals surface area contributed by atoms with Crippen molar-refractivity contribution in [3.8, 4) is 0 Å². The van der Waals surface area contributed by atoms with Gasteiger partial charge in [-0.25, -0.2) is 13.2 Å². The maximum atomic E-state index is 13.7. The van der Waals surface area contributed by atoms with E-state index in [2.05, 4.69) is 5.32 Å². The normalized spacial score (nSPS) is 20.7. The van der Waals surface area contributed by atoms with Gasteiger partial charge in [0.05, 0.1) is 12.5 Å². The van der Waals surface area contributed by atoms with Crippen molar-refractivity contribution in [2.75, 3.05) is 19.7 Å². The average Bonchev–Trinajstić information content (AvgIpc) is 3.33. The molecule has 0 aromatic carbocycles. The number of rotatable bonds is 7. The number of carbonyl (C=O) groups excluding carboxylic acids is 2. The first-order valence-corrected chi connectivity index (χ1v) is 12.8. The van der Waals surface area contributed by atoms with Gasteiger partial charge in [-0.2, -0.15) is 4.31 Å². The molecule has 174 valence electrons. The lowest BCUT2D eigenvalue weighted by atomic mass is 9.98. The minimum atomic E-state index is -3.96. The smallest absolute Gasteiger partial charge is 0.341 e. The molecule has 2 aliphatic rings. The van der Waals surface area contributed by atoms with E-state index in [4.69, 9.17) is 4.74 Å². The summed E-state index contributed by atoms with van der Waals surface area (Å²) < 4.78 is 35.8. The van der Waals surface area contributed by atoms with E-state index in [0.29, 0.717) is 37.3 Å². The number of hydrogen-bond donors (Lipinski definition) is 1. The third-order valence-electron chi connectivity index (χ3n) is 6.58. The average molecular weight is 454 g/mol. The minimum Gasteiger partial charge on any atom is -0.462 e. The molecule has 1 amide bonds. The fraction of sp³-hybridized carbons (Fsp3) is 0.727. The van der Waals surface area contributed by atoms with Gasteiger partial charge in [-0.1, -0.05) is 12.8 Å². The van der Waals surface area contributed by atoms with Crippen LogP contribution in [0.4, 0.5) is 0 Å². The summed E-state index contributed by atoms with van der Waals surface area (Å²) in [5.41, 5.74) is 1.23. The second-order valence-electron chi connectivity index (χ2n) is 8.53. The molecule has 1 saturated heterocycles. The molecule has 3 rings (SSSR count). The Hall–Kier alpha value is -1.87. The molecule has 2 heterocycles. The van der Waals surface area contributed by atoms with Crippen LogP contribution in [0.2, 0.25) is 0 Å². The van der Waals surface area contributed by atoms with E-state index in [1.54, 1.807) is 20.8 Å². The molecule has 8 nitrogen and oxygen atoms in total. The third kappa shape index (κ3) is 4.67. The van der Waals surface area contributed by atoms with Gasteiger partial charge in [-0.15, -0.1) is 0 Å². The van der Waals surface area contributed by atoms with E-state index < -0.39 is 16.0 Å². The number of esters is 1. The second-order valence-corrected chi connectivity index (χ2v) is 10.4. The number of carbonyl (C=O) groups is 2. The maximum Gasteiger partial charge on any atom is 0.341 e. The van der Waals surface area contributed by atoms with Crippen molar-refractivity contribution in [1.29, 1.82) is 0 Å². The van der Waals surface area contributed by atoms with Gasteiger partial charge in [0.2, 0.25) is 15.9 Å². The van der Waals surface area contributed by atoms with Crippen LogP contribution in [-0.2, 0) is 26.1 Å². The largest absolute Gasteiger partial charge is 0.462 e. The van der Waals surface area contributed by atoms with Crippen LogP contribution in [0.25, 0.3) is 0 Å². The standard InChI is InChI=1S/C22H35N3O5S/c1-5-25-15(3)19(22(27)30-6-2)20(16(25)4)31(28,29)24-13-9-10-17(14-24)21(26)23-18-11-7-8-12-18/h17-18H,5-14H2,1-4H3,(H,23,26)/t17-/m0/s1. The first-order valence-electron chi connectivity index (χ1n) is 11.4. The highest BCUT2D eigenvalue weighted by atomic mass is 32.2. The van der Waals surface area contributed by atoms with Crippen molar-refractivity contribution < 1.29 is 22.7 Å². The molecule has 1 aliphatic carbocycles. The van der Waals surface area contributed by atoms with Crippen molar-refractivity contribution in [2.24, 2.45) is 5.92 Å². The highest BCUT2D eigenvalue weighted by Crippen LogP contribution is 2.32. The van der Waals surface area contributed by atoms with Crippen LogP contribution in [-0.4, -0.2) is 54.9 Å². The molecule has 9 heteroatoms. The minimum absolute atomic E-state index is 0.0159. The van der Waals surface area contributed by atoms with Crippen molar-refractivity contribution in [3.63, 3.8) is 0 Å².